The van der Waals surface area contributed by atoms with Gasteiger partial charge in [0.2, 0.25) is 0 Å². The molecule has 1 aliphatic heterocycles. The van der Waals surface area contributed by atoms with Gasteiger partial charge in [0, 0.05) is 35.6 Å². The SMILES string of the molecule is CCC1(CC)CN(CCc2cccs2)C(C)(CC)CN1. The van der Waals surface area contributed by atoms with Crippen LogP contribution in [0.2, 0.25) is 0 Å². The van der Waals surface area contributed by atoms with Crippen LogP contribution in [-0.2, 0) is 6.42 Å². The van der Waals surface area contributed by atoms with E-state index in [2.05, 4.69) is 55.4 Å². The highest BCUT2D eigenvalue weighted by Gasteiger charge is 2.41. The molecule has 1 unspecified atom stereocenters. The minimum atomic E-state index is 0.311. The average Bonchev–Trinajstić information content (AvgIpc) is 3.00. The molecule has 1 fully saturated rings. The van der Waals surface area contributed by atoms with E-state index >= 15 is 0 Å². The number of nitrogens with zero attached hydrogens (tertiary/aromatic N) is 1. The standard InChI is InChI=1S/C17H30N2S/c1-5-16(4)13-18-17(6-2,7-3)14-19(16)11-10-15-9-8-12-20-15/h8-9,12,18H,5-7,10-11,13-14H2,1-4H3. The molecule has 20 heavy (non-hydrogen) atoms. The van der Waals surface area contributed by atoms with Gasteiger partial charge < -0.3 is 5.32 Å². The van der Waals surface area contributed by atoms with Crippen LogP contribution >= 0.6 is 11.3 Å². The third kappa shape index (κ3) is 3.26. The van der Waals surface area contributed by atoms with E-state index < -0.39 is 0 Å². The molecule has 1 aromatic rings. The minimum Gasteiger partial charge on any atom is -0.308 e. The highest BCUT2D eigenvalue weighted by atomic mass is 32.1. The Labute approximate surface area is 128 Å². The minimum absolute atomic E-state index is 0.311. The first kappa shape index (κ1) is 16.0. The van der Waals surface area contributed by atoms with Gasteiger partial charge in [0.1, 0.15) is 0 Å². The Morgan fingerprint density at radius 1 is 1.25 bits per heavy atom. The molecule has 0 aromatic carbocycles. The molecule has 3 heteroatoms. The quantitative estimate of drug-likeness (QED) is 0.855. The van der Waals surface area contributed by atoms with Gasteiger partial charge in [0.25, 0.3) is 0 Å². The van der Waals surface area contributed by atoms with E-state index in [1.54, 1.807) is 0 Å². The second-order valence-corrected chi connectivity index (χ2v) is 7.47. The van der Waals surface area contributed by atoms with Gasteiger partial charge in [-0.3, -0.25) is 4.90 Å². The molecule has 1 N–H and O–H groups in total. The second-order valence-electron chi connectivity index (χ2n) is 6.44. The number of nitrogens with one attached hydrogen (secondary N) is 1. The summed E-state index contributed by atoms with van der Waals surface area (Å²) in [6.07, 6.45) is 4.85. The molecule has 1 saturated heterocycles. The first-order valence-corrected chi connectivity index (χ1v) is 8.98. The topological polar surface area (TPSA) is 15.3 Å². The predicted octanol–water partition coefficient (Wildman–Crippen LogP) is 3.92. The molecule has 0 saturated carbocycles. The Morgan fingerprint density at radius 2 is 2.00 bits per heavy atom. The molecule has 2 rings (SSSR count). The van der Waals surface area contributed by atoms with Crippen molar-refractivity contribution < 1.29 is 0 Å². The van der Waals surface area contributed by atoms with E-state index in [9.17, 15) is 0 Å². The van der Waals surface area contributed by atoms with Crippen molar-refractivity contribution in [3.05, 3.63) is 22.4 Å². The smallest absolute Gasteiger partial charge is 0.0304 e. The third-order valence-corrected chi connectivity index (χ3v) is 6.36. The number of rotatable bonds is 6. The molecule has 114 valence electrons. The largest absolute Gasteiger partial charge is 0.308 e. The average molecular weight is 295 g/mol. The lowest BCUT2D eigenvalue weighted by atomic mass is 9.83. The number of hydrogen-bond donors (Lipinski definition) is 1. The number of piperazine rings is 1. The zero-order valence-corrected chi connectivity index (χ0v) is 14.4. The van der Waals surface area contributed by atoms with Crippen molar-refractivity contribution in [1.29, 1.82) is 0 Å². The maximum atomic E-state index is 3.86. The Kier molecular flexibility index (Phi) is 5.27. The fourth-order valence-electron chi connectivity index (χ4n) is 3.22. The predicted molar refractivity (Wildman–Crippen MR) is 89.6 cm³/mol. The molecular formula is C17H30N2S. The van der Waals surface area contributed by atoms with Crippen molar-refractivity contribution in [2.24, 2.45) is 0 Å². The van der Waals surface area contributed by atoms with Crippen molar-refractivity contribution in [1.82, 2.24) is 10.2 Å². The molecule has 1 aromatic heterocycles. The highest BCUT2D eigenvalue weighted by Crippen LogP contribution is 2.30. The zero-order valence-electron chi connectivity index (χ0n) is 13.5. The van der Waals surface area contributed by atoms with Crippen LogP contribution < -0.4 is 5.32 Å². The van der Waals surface area contributed by atoms with Gasteiger partial charge in [-0.15, -0.1) is 11.3 Å². The van der Waals surface area contributed by atoms with Crippen LogP contribution in [0.5, 0.6) is 0 Å². The van der Waals surface area contributed by atoms with Gasteiger partial charge in [-0.05, 0) is 44.1 Å². The van der Waals surface area contributed by atoms with Crippen LogP contribution in [0.15, 0.2) is 17.5 Å². The van der Waals surface area contributed by atoms with Gasteiger partial charge in [0.15, 0.2) is 0 Å². The van der Waals surface area contributed by atoms with Crippen LogP contribution in [0.1, 0.15) is 51.8 Å². The van der Waals surface area contributed by atoms with Crippen molar-refractivity contribution in [2.75, 3.05) is 19.6 Å². The normalized spacial score (nSPS) is 26.8. The van der Waals surface area contributed by atoms with Gasteiger partial charge in [-0.2, -0.15) is 0 Å². The lowest BCUT2D eigenvalue weighted by Gasteiger charge is -2.53. The maximum absolute atomic E-state index is 3.86. The van der Waals surface area contributed by atoms with Crippen LogP contribution in [0, 0.1) is 0 Å². The molecule has 0 amide bonds. The van der Waals surface area contributed by atoms with E-state index in [1.165, 1.54) is 43.6 Å². The monoisotopic (exact) mass is 294 g/mol. The first-order chi connectivity index (χ1) is 9.57. The van der Waals surface area contributed by atoms with Crippen molar-refractivity contribution in [2.45, 2.75) is 64.5 Å². The molecule has 0 bridgehead atoms. The maximum Gasteiger partial charge on any atom is 0.0304 e. The van der Waals surface area contributed by atoms with Gasteiger partial charge in [-0.1, -0.05) is 26.8 Å². The Hall–Kier alpha value is -0.380. The number of hydrogen-bond acceptors (Lipinski definition) is 3. The van der Waals surface area contributed by atoms with E-state index in [4.69, 9.17) is 0 Å². The lowest BCUT2D eigenvalue weighted by molar-refractivity contribution is 0.0102. The van der Waals surface area contributed by atoms with Gasteiger partial charge in [-0.25, -0.2) is 0 Å². The molecule has 0 spiro atoms. The van der Waals surface area contributed by atoms with Gasteiger partial charge in [0.05, 0.1) is 0 Å². The van der Waals surface area contributed by atoms with Crippen molar-refractivity contribution in [3.8, 4) is 0 Å². The van der Waals surface area contributed by atoms with E-state index in [0.717, 1.165) is 6.54 Å². The molecule has 2 nitrogen and oxygen atoms in total. The summed E-state index contributed by atoms with van der Waals surface area (Å²) < 4.78 is 0. The van der Waals surface area contributed by atoms with E-state index in [1.807, 2.05) is 11.3 Å². The summed E-state index contributed by atoms with van der Waals surface area (Å²) >= 11 is 1.89. The fraction of sp³-hybridized carbons (Fsp3) is 0.765. The number of thiophene rings is 1. The van der Waals surface area contributed by atoms with Crippen LogP contribution in [-0.4, -0.2) is 35.6 Å². The van der Waals surface area contributed by atoms with Gasteiger partial charge >= 0.3 is 0 Å². The Balaban J connectivity index is 2.07. The Bertz CT molecular complexity index is 397. The fourth-order valence-corrected chi connectivity index (χ4v) is 3.92. The molecule has 1 aliphatic rings. The summed E-state index contributed by atoms with van der Waals surface area (Å²) in [5, 5.41) is 6.05. The highest BCUT2D eigenvalue weighted by molar-refractivity contribution is 7.09. The summed E-state index contributed by atoms with van der Waals surface area (Å²) in [6, 6.07) is 4.43. The van der Waals surface area contributed by atoms with Crippen LogP contribution in [0.3, 0.4) is 0 Å². The Morgan fingerprint density at radius 3 is 2.55 bits per heavy atom. The lowest BCUT2D eigenvalue weighted by Crippen LogP contribution is -2.68. The van der Waals surface area contributed by atoms with E-state index in [-0.39, 0.29) is 0 Å². The van der Waals surface area contributed by atoms with Crippen LogP contribution in [0.25, 0.3) is 0 Å². The molecular weight excluding hydrogens is 264 g/mol. The summed E-state index contributed by atoms with van der Waals surface area (Å²) in [5.74, 6) is 0. The third-order valence-electron chi connectivity index (χ3n) is 5.42. The molecule has 1 atom stereocenters. The first-order valence-electron chi connectivity index (χ1n) is 8.10. The van der Waals surface area contributed by atoms with Crippen molar-refractivity contribution >= 4 is 11.3 Å². The zero-order chi connectivity index (χ0) is 14.6. The van der Waals surface area contributed by atoms with Crippen LogP contribution in [0.4, 0.5) is 0 Å². The molecule has 0 aliphatic carbocycles. The summed E-state index contributed by atoms with van der Waals surface area (Å²) in [6.45, 7) is 12.9. The molecule has 0 radical (unpaired) electrons. The van der Waals surface area contributed by atoms with E-state index in [0.29, 0.717) is 11.1 Å². The molecule has 2 heterocycles. The second kappa shape index (κ2) is 6.59. The summed E-state index contributed by atoms with van der Waals surface area (Å²) in [4.78, 5) is 4.26. The summed E-state index contributed by atoms with van der Waals surface area (Å²) in [5.41, 5.74) is 0.634. The summed E-state index contributed by atoms with van der Waals surface area (Å²) in [7, 11) is 0. The van der Waals surface area contributed by atoms with Crippen molar-refractivity contribution in [3.63, 3.8) is 0 Å².